The van der Waals surface area contributed by atoms with Crippen molar-refractivity contribution in [1.29, 1.82) is 0 Å². The Morgan fingerprint density at radius 1 is 1.00 bits per heavy atom. The van der Waals surface area contributed by atoms with Crippen molar-refractivity contribution in [1.82, 2.24) is 4.98 Å². The van der Waals surface area contributed by atoms with Gasteiger partial charge in [0.25, 0.3) is 10.1 Å². The number of benzene rings is 1. The maximum atomic E-state index is 10.9. The first-order valence-corrected chi connectivity index (χ1v) is 7.45. The van der Waals surface area contributed by atoms with E-state index in [0.29, 0.717) is 0 Å². The van der Waals surface area contributed by atoms with E-state index in [1.807, 2.05) is 18.3 Å². The van der Waals surface area contributed by atoms with E-state index in [-0.39, 0.29) is 4.90 Å². The summed E-state index contributed by atoms with van der Waals surface area (Å²) in [5, 5.41) is 0. The molecule has 0 fully saturated rings. The Morgan fingerprint density at radius 3 is 2.26 bits per heavy atom. The van der Waals surface area contributed by atoms with Crippen LogP contribution in [0.15, 0.2) is 53.7 Å². The molecule has 1 aromatic heterocycles. The van der Waals surface area contributed by atoms with Crippen LogP contribution in [0.1, 0.15) is 17.5 Å². The molecule has 0 radical (unpaired) electrons. The van der Waals surface area contributed by atoms with Gasteiger partial charge in [-0.25, -0.2) is 0 Å². The Kier molecular flexibility index (Phi) is 4.29. The highest BCUT2D eigenvalue weighted by atomic mass is 32.2. The zero-order chi connectivity index (χ0) is 13.7. The fourth-order valence-electron chi connectivity index (χ4n) is 1.87. The molecule has 0 spiro atoms. The van der Waals surface area contributed by atoms with Gasteiger partial charge in [0.15, 0.2) is 0 Å². The van der Waals surface area contributed by atoms with E-state index in [2.05, 4.69) is 4.98 Å². The Balaban J connectivity index is 1.90. The summed E-state index contributed by atoms with van der Waals surface area (Å²) >= 11 is 0. The molecule has 0 saturated carbocycles. The lowest BCUT2D eigenvalue weighted by Crippen LogP contribution is -1.98. The van der Waals surface area contributed by atoms with Gasteiger partial charge in [0, 0.05) is 12.4 Å². The molecule has 0 aliphatic carbocycles. The third kappa shape index (κ3) is 4.15. The van der Waals surface area contributed by atoms with Gasteiger partial charge in [-0.1, -0.05) is 18.2 Å². The van der Waals surface area contributed by atoms with E-state index < -0.39 is 10.1 Å². The average molecular weight is 277 g/mol. The molecule has 1 heterocycles. The van der Waals surface area contributed by atoms with Crippen LogP contribution in [-0.4, -0.2) is 18.0 Å². The van der Waals surface area contributed by atoms with Crippen molar-refractivity contribution in [3.05, 3.63) is 59.9 Å². The fourth-order valence-corrected chi connectivity index (χ4v) is 2.35. The van der Waals surface area contributed by atoms with E-state index in [9.17, 15) is 8.42 Å². The molecule has 1 aromatic carbocycles. The van der Waals surface area contributed by atoms with Crippen LogP contribution in [0.3, 0.4) is 0 Å². The molecule has 1 N–H and O–H groups in total. The number of pyridine rings is 1. The van der Waals surface area contributed by atoms with Crippen LogP contribution in [-0.2, 0) is 23.0 Å². The minimum Gasteiger partial charge on any atom is -0.282 e. The average Bonchev–Trinajstić information content (AvgIpc) is 2.39. The van der Waals surface area contributed by atoms with Gasteiger partial charge < -0.3 is 0 Å². The molecule has 2 aromatic rings. The third-order valence-corrected chi connectivity index (χ3v) is 3.74. The van der Waals surface area contributed by atoms with Crippen molar-refractivity contribution >= 4 is 10.1 Å². The number of aromatic nitrogens is 1. The summed E-state index contributed by atoms with van der Waals surface area (Å²) in [4.78, 5) is 3.99. The normalized spacial score (nSPS) is 11.4. The standard InChI is InChI=1S/C14H15NO3S/c16-19(17,18)14-8-6-12(7-9-14)3-1-4-13-5-2-10-15-11-13/h2,5-11H,1,3-4H2,(H,16,17,18). The predicted octanol–water partition coefficient (Wildman–Crippen LogP) is 2.50. The fraction of sp³-hybridized carbons (Fsp3) is 0.214. The van der Waals surface area contributed by atoms with Crippen LogP contribution < -0.4 is 0 Å². The number of aryl methyl sites for hydroxylation is 2. The van der Waals surface area contributed by atoms with E-state index in [1.165, 1.54) is 17.7 Å². The molecule has 0 aliphatic rings. The van der Waals surface area contributed by atoms with Crippen molar-refractivity contribution in [2.45, 2.75) is 24.2 Å². The number of nitrogens with zero attached hydrogens (tertiary/aromatic N) is 1. The monoisotopic (exact) mass is 277 g/mol. The maximum Gasteiger partial charge on any atom is 0.294 e. The van der Waals surface area contributed by atoms with Gasteiger partial charge in [-0.05, 0) is 48.6 Å². The van der Waals surface area contributed by atoms with Crippen molar-refractivity contribution in [2.24, 2.45) is 0 Å². The number of rotatable bonds is 5. The van der Waals surface area contributed by atoms with Gasteiger partial charge in [-0.3, -0.25) is 9.54 Å². The van der Waals surface area contributed by atoms with Gasteiger partial charge in [-0.2, -0.15) is 8.42 Å². The summed E-state index contributed by atoms with van der Waals surface area (Å²) in [6.45, 7) is 0. The van der Waals surface area contributed by atoms with E-state index in [0.717, 1.165) is 24.8 Å². The van der Waals surface area contributed by atoms with Crippen LogP contribution in [0.5, 0.6) is 0 Å². The van der Waals surface area contributed by atoms with E-state index >= 15 is 0 Å². The van der Waals surface area contributed by atoms with Gasteiger partial charge >= 0.3 is 0 Å². The molecule has 0 unspecified atom stereocenters. The van der Waals surface area contributed by atoms with Crippen LogP contribution in [0.25, 0.3) is 0 Å². The van der Waals surface area contributed by atoms with Crippen LogP contribution >= 0.6 is 0 Å². The molecule has 0 saturated heterocycles. The van der Waals surface area contributed by atoms with Crippen molar-refractivity contribution in [2.75, 3.05) is 0 Å². The van der Waals surface area contributed by atoms with Crippen molar-refractivity contribution in [3.63, 3.8) is 0 Å². The van der Waals surface area contributed by atoms with E-state index in [4.69, 9.17) is 4.55 Å². The highest BCUT2D eigenvalue weighted by Gasteiger charge is 2.08. The Bertz CT molecular complexity index is 622. The summed E-state index contributed by atoms with van der Waals surface area (Å²) in [5.74, 6) is 0. The highest BCUT2D eigenvalue weighted by molar-refractivity contribution is 7.85. The lowest BCUT2D eigenvalue weighted by Gasteiger charge is -2.03. The summed E-state index contributed by atoms with van der Waals surface area (Å²) in [6, 6.07) is 10.3. The third-order valence-electron chi connectivity index (χ3n) is 2.87. The lowest BCUT2D eigenvalue weighted by molar-refractivity contribution is 0.483. The van der Waals surface area contributed by atoms with Crippen LogP contribution in [0.4, 0.5) is 0 Å². The molecule has 100 valence electrons. The smallest absolute Gasteiger partial charge is 0.282 e. The summed E-state index contributed by atoms with van der Waals surface area (Å²) in [6.07, 6.45) is 6.37. The minimum atomic E-state index is -4.09. The predicted molar refractivity (Wildman–Crippen MR) is 72.5 cm³/mol. The zero-order valence-electron chi connectivity index (χ0n) is 10.4. The van der Waals surface area contributed by atoms with Gasteiger partial charge in [0.2, 0.25) is 0 Å². The summed E-state index contributed by atoms with van der Waals surface area (Å²) in [7, 11) is -4.09. The minimum absolute atomic E-state index is 0.0662. The molecule has 4 nitrogen and oxygen atoms in total. The Morgan fingerprint density at radius 2 is 1.68 bits per heavy atom. The second-order valence-corrected chi connectivity index (χ2v) is 5.76. The number of hydrogen-bond donors (Lipinski definition) is 1. The van der Waals surface area contributed by atoms with Gasteiger partial charge in [-0.15, -0.1) is 0 Å². The first kappa shape index (κ1) is 13.7. The summed E-state index contributed by atoms with van der Waals surface area (Å²) < 4.78 is 30.7. The molecule has 0 atom stereocenters. The molecule has 0 aliphatic heterocycles. The summed E-state index contributed by atoms with van der Waals surface area (Å²) in [5.41, 5.74) is 2.24. The molecular formula is C14H15NO3S. The molecule has 0 amide bonds. The van der Waals surface area contributed by atoms with Crippen molar-refractivity contribution in [3.8, 4) is 0 Å². The van der Waals surface area contributed by atoms with Gasteiger partial charge in [0.05, 0.1) is 4.90 Å². The quantitative estimate of drug-likeness (QED) is 0.853. The molecule has 2 rings (SSSR count). The lowest BCUT2D eigenvalue weighted by atomic mass is 10.1. The topological polar surface area (TPSA) is 67.3 Å². The first-order valence-electron chi connectivity index (χ1n) is 6.01. The van der Waals surface area contributed by atoms with E-state index in [1.54, 1.807) is 18.3 Å². The maximum absolute atomic E-state index is 10.9. The van der Waals surface area contributed by atoms with Crippen LogP contribution in [0, 0.1) is 0 Å². The first-order chi connectivity index (χ1) is 9.05. The zero-order valence-corrected chi connectivity index (χ0v) is 11.2. The Labute approximate surface area is 112 Å². The molecule has 0 bridgehead atoms. The second-order valence-electron chi connectivity index (χ2n) is 4.33. The largest absolute Gasteiger partial charge is 0.294 e. The molecule has 5 heteroatoms. The second kappa shape index (κ2) is 5.95. The molecular weight excluding hydrogens is 262 g/mol. The molecule has 19 heavy (non-hydrogen) atoms. The van der Waals surface area contributed by atoms with Crippen LogP contribution in [0.2, 0.25) is 0 Å². The Hall–Kier alpha value is -1.72. The number of hydrogen-bond acceptors (Lipinski definition) is 3. The highest BCUT2D eigenvalue weighted by Crippen LogP contribution is 2.12. The SMILES string of the molecule is O=S(=O)(O)c1ccc(CCCc2cccnc2)cc1. The van der Waals surface area contributed by atoms with Crippen molar-refractivity contribution < 1.29 is 13.0 Å². The van der Waals surface area contributed by atoms with Gasteiger partial charge in [0.1, 0.15) is 0 Å².